The zero-order chi connectivity index (χ0) is 23.7. The molecular weight excluding hydrogens is 424 g/mol. The molecule has 34 heavy (non-hydrogen) atoms. The van der Waals surface area contributed by atoms with Crippen molar-refractivity contribution in [2.45, 2.75) is 32.2 Å². The molecule has 1 fully saturated rings. The van der Waals surface area contributed by atoms with Gasteiger partial charge in [0.25, 0.3) is 0 Å². The Morgan fingerprint density at radius 3 is 2.71 bits per heavy atom. The van der Waals surface area contributed by atoms with Crippen LogP contribution in [0.5, 0.6) is 0 Å². The minimum absolute atomic E-state index is 0.165. The molecule has 0 bridgehead atoms. The molecule has 1 aromatic heterocycles. The molecule has 1 atom stereocenters. The highest BCUT2D eigenvalue weighted by atomic mass is 16.4. The normalized spacial score (nSPS) is 18.1. The van der Waals surface area contributed by atoms with Crippen LogP contribution in [0.2, 0.25) is 0 Å². The van der Waals surface area contributed by atoms with E-state index in [0.717, 1.165) is 26.1 Å². The van der Waals surface area contributed by atoms with Gasteiger partial charge in [-0.15, -0.1) is 0 Å². The molecule has 3 aromatic rings. The number of carboxylic acid groups (broad SMARTS) is 1. The lowest BCUT2D eigenvalue weighted by molar-refractivity contribution is 0.0697. The van der Waals surface area contributed by atoms with Crippen molar-refractivity contribution >= 4 is 17.3 Å². The molecule has 0 amide bonds. The number of benzene rings is 2. The molecule has 0 aliphatic carbocycles. The first-order chi connectivity index (χ1) is 16.5. The molecule has 2 aromatic carbocycles. The van der Waals surface area contributed by atoms with Crippen molar-refractivity contribution in [1.29, 1.82) is 0 Å². The number of aryl methyl sites for hydroxylation is 1. The number of likely N-dealkylation sites (N-methyl/N-ethyl adjacent to an activating group) is 1. The fraction of sp³-hybridized carbons (Fsp3) is 0.357. The number of carbonyl (C=O) groups is 1. The predicted molar refractivity (Wildman–Crippen MR) is 137 cm³/mol. The number of fused-ring (bicyclic) bond motifs is 1. The summed E-state index contributed by atoms with van der Waals surface area (Å²) in [6.07, 6.45) is 6.68. The number of pyridine rings is 1. The van der Waals surface area contributed by atoms with Gasteiger partial charge in [0.1, 0.15) is 0 Å². The smallest absolute Gasteiger partial charge is 0.337 e. The molecule has 6 nitrogen and oxygen atoms in total. The molecule has 1 saturated heterocycles. The second-order valence-electron chi connectivity index (χ2n) is 9.46. The lowest BCUT2D eigenvalue weighted by Crippen LogP contribution is -2.36. The summed E-state index contributed by atoms with van der Waals surface area (Å²) in [5, 5.41) is 12.8. The van der Waals surface area contributed by atoms with Gasteiger partial charge in [-0.1, -0.05) is 24.3 Å². The number of aromatic carboxylic acids is 1. The van der Waals surface area contributed by atoms with E-state index < -0.39 is 5.97 Å². The summed E-state index contributed by atoms with van der Waals surface area (Å²) in [6.45, 7) is 6.12. The number of nitrogens with zero attached hydrogens (tertiary/aromatic N) is 3. The largest absolute Gasteiger partial charge is 0.478 e. The standard InChI is InChI=1S/C28H32N4O2/c1-19-15-22(32-12-3-4-13-32)6-8-23(19)20-5-7-24-21(16-20)10-14-31(2)27(24)18-30-26-17-29-11-9-25(26)28(33)34/h5-9,11,15-17,27,30H,3-4,10,12-14,18H2,1-2H3,(H,33,34)/t27-/m0/s1. The Morgan fingerprint density at radius 1 is 1.12 bits per heavy atom. The van der Waals surface area contributed by atoms with Crippen LogP contribution in [-0.2, 0) is 6.42 Å². The molecule has 0 unspecified atom stereocenters. The van der Waals surface area contributed by atoms with Gasteiger partial charge in [0.05, 0.1) is 23.5 Å². The van der Waals surface area contributed by atoms with Crippen molar-refractivity contribution in [3.05, 3.63) is 77.1 Å². The number of hydrogen-bond acceptors (Lipinski definition) is 5. The van der Waals surface area contributed by atoms with Crippen molar-refractivity contribution in [3.63, 3.8) is 0 Å². The van der Waals surface area contributed by atoms with Crippen LogP contribution >= 0.6 is 0 Å². The first-order valence-electron chi connectivity index (χ1n) is 12.1. The molecule has 5 rings (SSSR count). The molecular formula is C28H32N4O2. The van der Waals surface area contributed by atoms with Gasteiger partial charge in [-0.3, -0.25) is 9.88 Å². The van der Waals surface area contributed by atoms with Crippen LogP contribution in [0.4, 0.5) is 11.4 Å². The van der Waals surface area contributed by atoms with E-state index in [0.29, 0.717) is 12.2 Å². The van der Waals surface area contributed by atoms with Crippen molar-refractivity contribution < 1.29 is 9.90 Å². The van der Waals surface area contributed by atoms with Gasteiger partial charge >= 0.3 is 5.97 Å². The Morgan fingerprint density at radius 2 is 1.94 bits per heavy atom. The maximum atomic E-state index is 11.6. The highest BCUT2D eigenvalue weighted by Gasteiger charge is 2.25. The summed E-state index contributed by atoms with van der Waals surface area (Å²) < 4.78 is 0. The SMILES string of the molecule is Cc1cc(N2CCCC2)ccc1-c1ccc2c(c1)CCN(C)[C@H]2CNc1cnccc1C(=O)O. The molecule has 2 N–H and O–H groups in total. The summed E-state index contributed by atoms with van der Waals surface area (Å²) in [5.74, 6) is -0.946. The van der Waals surface area contributed by atoms with Crippen LogP contribution in [0, 0.1) is 6.92 Å². The average molecular weight is 457 g/mol. The van der Waals surface area contributed by atoms with Gasteiger partial charge in [0, 0.05) is 38.1 Å². The lowest BCUT2D eigenvalue weighted by atomic mass is 9.89. The van der Waals surface area contributed by atoms with Crippen LogP contribution in [0.25, 0.3) is 11.1 Å². The number of nitrogens with one attached hydrogen (secondary N) is 1. The summed E-state index contributed by atoms with van der Waals surface area (Å²) in [5.41, 5.74) is 8.68. The number of hydrogen-bond donors (Lipinski definition) is 2. The Hall–Kier alpha value is -3.38. The van der Waals surface area contributed by atoms with Crippen LogP contribution in [0.1, 0.15) is 45.9 Å². The molecule has 0 spiro atoms. The number of carboxylic acids is 1. The van der Waals surface area contributed by atoms with Crippen LogP contribution in [0.15, 0.2) is 54.9 Å². The van der Waals surface area contributed by atoms with Crippen LogP contribution in [0.3, 0.4) is 0 Å². The number of aromatic nitrogens is 1. The van der Waals surface area contributed by atoms with Gasteiger partial charge in [0.15, 0.2) is 0 Å². The van der Waals surface area contributed by atoms with E-state index >= 15 is 0 Å². The second-order valence-corrected chi connectivity index (χ2v) is 9.46. The number of anilines is 2. The minimum atomic E-state index is -0.946. The van der Waals surface area contributed by atoms with E-state index in [4.69, 9.17) is 0 Å². The van der Waals surface area contributed by atoms with Gasteiger partial charge in [-0.2, -0.15) is 0 Å². The highest BCUT2D eigenvalue weighted by molar-refractivity contribution is 5.93. The van der Waals surface area contributed by atoms with Gasteiger partial charge in [-0.05, 0) is 79.3 Å². The van der Waals surface area contributed by atoms with E-state index in [1.807, 2.05) is 0 Å². The highest BCUT2D eigenvalue weighted by Crippen LogP contribution is 2.35. The minimum Gasteiger partial charge on any atom is -0.478 e. The summed E-state index contributed by atoms with van der Waals surface area (Å²) in [6, 6.07) is 15.4. The van der Waals surface area contributed by atoms with Crippen LogP contribution < -0.4 is 10.2 Å². The van der Waals surface area contributed by atoms with Crippen molar-refractivity contribution in [3.8, 4) is 11.1 Å². The fourth-order valence-electron chi connectivity index (χ4n) is 5.34. The second kappa shape index (κ2) is 9.47. The first kappa shape index (κ1) is 22.4. The Kier molecular flexibility index (Phi) is 6.24. The maximum Gasteiger partial charge on any atom is 0.337 e. The van der Waals surface area contributed by atoms with E-state index in [9.17, 15) is 9.90 Å². The lowest BCUT2D eigenvalue weighted by Gasteiger charge is -2.35. The van der Waals surface area contributed by atoms with E-state index in [1.54, 1.807) is 6.20 Å². The van der Waals surface area contributed by atoms with Crippen molar-refractivity contribution in [2.75, 3.05) is 43.4 Å². The first-order valence-corrected chi connectivity index (χ1v) is 12.1. The van der Waals surface area contributed by atoms with Crippen molar-refractivity contribution in [2.24, 2.45) is 0 Å². The summed E-state index contributed by atoms with van der Waals surface area (Å²) >= 11 is 0. The van der Waals surface area contributed by atoms with Gasteiger partial charge < -0.3 is 15.3 Å². The Bertz CT molecular complexity index is 1200. The predicted octanol–water partition coefficient (Wildman–Crippen LogP) is 5.00. The maximum absolute atomic E-state index is 11.6. The zero-order valence-electron chi connectivity index (χ0n) is 19.9. The van der Waals surface area contributed by atoms with Crippen LogP contribution in [-0.4, -0.2) is 54.2 Å². The molecule has 3 heterocycles. The summed E-state index contributed by atoms with van der Waals surface area (Å²) in [7, 11) is 2.13. The van der Waals surface area contributed by atoms with Gasteiger partial charge in [0.2, 0.25) is 0 Å². The third-order valence-electron chi connectivity index (χ3n) is 7.30. The molecule has 6 heteroatoms. The molecule has 2 aliphatic rings. The zero-order valence-corrected chi connectivity index (χ0v) is 19.9. The van der Waals surface area contributed by atoms with E-state index in [-0.39, 0.29) is 11.6 Å². The molecule has 176 valence electrons. The molecule has 0 radical (unpaired) electrons. The van der Waals surface area contributed by atoms with E-state index in [1.165, 1.54) is 58.6 Å². The Labute approximate surface area is 201 Å². The quantitative estimate of drug-likeness (QED) is 0.544. The third-order valence-corrected chi connectivity index (χ3v) is 7.30. The Balaban J connectivity index is 1.38. The fourth-order valence-corrected chi connectivity index (χ4v) is 5.34. The molecule has 2 aliphatic heterocycles. The monoisotopic (exact) mass is 456 g/mol. The third kappa shape index (κ3) is 4.38. The average Bonchev–Trinajstić information content (AvgIpc) is 3.38. The molecule has 0 saturated carbocycles. The summed E-state index contributed by atoms with van der Waals surface area (Å²) in [4.78, 5) is 20.5. The van der Waals surface area contributed by atoms with E-state index in [2.05, 4.69) is 70.5 Å². The number of rotatable bonds is 6. The van der Waals surface area contributed by atoms with Crippen molar-refractivity contribution in [1.82, 2.24) is 9.88 Å². The van der Waals surface area contributed by atoms with Gasteiger partial charge in [-0.25, -0.2) is 4.79 Å². The topological polar surface area (TPSA) is 68.7 Å².